The average molecular weight is 130 g/mol. The van der Waals surface area contributed by atoms with Crippen LogP contribution in [0.5, 0.6) is 0 Å². The molecule has 0 rings (SSSR count). The standard InChI is InChI=1S/C6H12NO2/c1-3-7(4-5-8)6(2)9/h8H,1,3-5H2,2H3. The first-order valence-corrected chi connectivity index (χ1v) is 2.88. The van der Waals surface area contributed by atoms with Crippen LogP contribution in [0.15, 0.2) is 0 Å². The van der Waals surface area contributed by atoms with Crippen molar-refractivity contribution in [2.45, 2.75) is 6.92 Å². The molecule has 53 valence electrons. The number of hydrogen-bond donors (Lipinski definition) is 1. The maximum absolute atomic E-state index is 10.5. The van der Waals surface area contributed by atoms with Crippen LogP contribution >= 0.6 is 0 Å². The molecule has 1 radical (unpaired) electrons. The Morgan fingerprint density at radius 3 is 2.44 bits per heavy atom. The van der Waals surface area contributed by atoms with Crippen molar-refractivity contribution in [2.24, 2.45) is 0 Å². The van der Waals surface area contributed by atoms with Crippen LogP contribution < -0.4 is 0 Å². The minimum atomic E-state index is -0.0425. The van der Waals surface area contributed by atoms with Gasteiger partial charge in [-0.15, -0.1) is 0 Å². The van der Waals surface area contributed by atoms with Gasteiger partial charge in [0.25, 0.3) is 0 Å². The highest BCUT2D eigenvalue weighted by Crippen LogP contribution is 1.85. The minimum Gasteiger partial charge on any atom is -0.395 e. The van der Waals surface area contributed by atoms with Crippen molar-refractivity contribution in [3.63, 3.8) is 0 Å². The summed E-state index contributed by atoms with van der Waals surface area (Å²) in [6.07, 6.45) is 0. The van der Waals surface area contributed by atoms with E-state index in [-0.39, 0.29) is 12.5 Å². The van der Waals surface area contributed by atoms with Gasteiger partial charge in [-0.25, -0.2) is 0 Å². The highest BCUT2D eigenvalue weighted by atomic mass is 16.3. The van der Waals surface area contributed by atoms with Crippen molar-refractivity contribution in [2.75, 3.05) is 19.7 Å². The van der Waals surface area contributed by atoms with E-state index in [9.17, 15) is 4.79 Å². The molecular weight excluding hydrogens is 118 g/mol. The van der Waals surface area contributed by atoms with E-state index in [0.717, 1.165) is 0 Å². The molecule has 0 unspecified atom stereocenters. The Bertz CT molecular complexity index is 93.1. The molecule has 0 atom stereocenters. The Morgan fingerprint density at radius 1 is 1.78 bits per heavy atom. The van der Waals surface area contributed by atoms with Crippen LogP contribution in [-0.4, -0.2) is 35.6 Å². The monoisotopic (exact) mass is 130 g/mol. The Hall–Kier alpha value is -0.570. The molecular formula is C6H12NO2. The second-order valence-corrected chi connectivity index (χ2v) is 1.73. The molecule has 0 fully saturated rings. The highest BCUT2D eigenvalue weighted by Gasteiger charge is 2.02. The lowest BCUT2D eigenvalue weighted by Gasteiger charge is -2.16. The van der Waals surface area contributed by atoms with Crippen LogP contribution in [0, 0.1) is 6.92 Å². The number of nitrogens with zero attached hydrogens (tertiary/aromatic N) is 1. The van der Waals surface area contributed by atoms with Crippen LogP contribution in [0.3, 0.4) is 0 Å². The van der Waals surface area contributed by atoms with Crippen molar-refractivity contribution < 1.29 is 9.90 Å². The highest BCUT2D eigenvalue weighted by molar-refractivity contribution is 5.73. The van der Waals surface area contributed by atoms with Gasteiger partial charge in [0, 0.05) is 20.0 Å². The molecule has 0 aromatic carbocycles. The molecule has 1 N–H and O–H groups in total. The molecule has 0 saturated heterocycles. The molecule has 3 nitrogen and oxygen atoms in total. The fourth-order valence-corrected chi connectivity index (χ4v) is 0.547. The van der Waals surface area contributed by atoms with Gasteiger partial charge < -0.3 is 10.0 Å². The van der Waals surface area contributed by atoms with Crippen LogP contribution in [0.25, 0.3) is 0 Å². The number of hydrogen-bond acceptors (Lipinski definition) is 2. The molecule has 0 saturated carbocycles. The van der Waals surface area contributed by atoms with E-state index in [4.69, 9.17) is 5.11 Å². The lowest BCUT2D eigenvalue weighted by molar-refractivity contribution is -0.128. The first-order valence-electron chi connectivity index (χ1n) is 2.88. The van der Waals surface area contributed by atoms with Crippen molar-refractivity contribution in [3.8, 4) is 0 Å². The summed E-state index contributed by atoms with van der Waals surface area (Å²) in [6, 6.07) is 0. The van der Waals surface area contributed by atoms with Gasteiger partial charge in [-0.3, -0.25) is 4.79 Å². The summed E-state index contributed by atoms with van der Waals surface area (Å²) in [5, 5.41) is 8.40. The Labute approximate surface area is 55.3 Å². The minimum absolute atomic E-state index is 0.00903. The van der Waals surface area contributed by atoms with Gasteiger partial charge in [0.05, 0.1) is 6.61 Å². The number of rotatable bonds is 3. The predicted octanol–water partition coefficient (Wildman–Crippen LogP) is -0.339. The summed E-state index contributed by atoms with van der Waals surface area (Å²) in [6.45, 7) is 5.80. The number of carbonyl (C=O) groups excluding carboxylic acids is 1. The van der Waals surface area contributed by atoms with Crippen molar-refractivity contribution in [3.05, 3.63) is 6.92 Å². The molecule has 3 heteroatoms. The quantitative estimate of drug-likeness (QED) is 0.568. The largest absolute Gasteiger partial charge is 0.395 e. The number of aliphatic hydroxyl groups is 1. The third-order valence-corrected chi connectivity index (χ3v) is 1.09. The second-order valence-electron chi connectivity index (χ2n) is 1.73. The van der Waals surface area contributed by atoms with Gasteiger partial charge in [0.1, 0.15) is 0 Å². The van der Waals surface area contributed by atoms with E-state index in [1.807, 2.05) is 0 Å². The third kappa shape index (κ3) is 3.08. The summed E-state index contributed by atoms with van der Waals surface area (Å²) in [5.74, 6) is -0.0425. The molecule has 0 aliphatic heterocycles. The normalized spacial score (nSPS) is 9.22. The topological polar surface area (TPSA) is 40.5 Å². The fourth-order valence-electron chi connectivity index (χ4n) is 0.547. The van der Waals surface area contributed by atoms with E-state index in [1.165, 1.54) is 11.8 Å². The molecule has 0 aliphatic rings. The van der Waals surface area contributed by atoms with Crippen LogP contribution in [0.1, 0.15) is 6.92 Å². The first-order chi connectivity index (χ1) is 4.22. The Balaban J connectivity index is 3.54. The van der Waals surface area contributed by atoms with Crippen LogP contribution in [0.2, 0.25) is 0 Å². The van der Waals surface area contributed by atoms with Gasteiger partial charge in [-0.1, -0.05) is 0 Å². The summed E-state index contributed by atoms with van der Waals surface area (Å²) in [4.78, 5) is 12.0. The van der Waals surface area contributed by atoms with Crippen molar-refractivity contribution >= 4 is 5.91 Å². The smallest absolute Gasteiger partial charge is 0.219 e. The summed E-state index contributed by atoms with van der Waals surface area (Å²) in [7, 11) is 0. The summed E-state index contributed by atoms with van der Waals surface area (Å²) < 4.78 is 0. The van der Waals surface area contributed by atoms with Crippen molar-refractivity contribution in [1.82, 2.24) is 4.90 Å². The maximum atomic E-state index is 10.5. The van der Waals surface area contributed by atoms with Crippen LogP contribution in [-0.2, 0) is 4.79 Å². The second kappa shape index (κ2) is 4.32. The number of amides is 1. The average Bonchev–Trinajstić information content (AvgIpc) is 1.82. The molecule has 9 heavy (non-hydrogen) atoms. The Kier molecular flexibility index (Phi) is 4.05. The lowest BCUT2D eigenvalue weighted by Crippen LogP contribution is -2.31. The molecule has 0 aromatic heterocycles. The van der Waals surface area contributed by atoms with Gasteiger partial charge in [-0.05, 0) is 6.92 Å². The molecule has 0 aromatic rings. The molecule has 1 amide bonds. The van der Waals surface area contributed by atoms with Gasteiger partial charge >= 0.3 is 0 Å². The van der Waals surface area contributed by atoms with Gasteiger partial charge in [-0.2, -0.15) is 0 Å². The fraction of sp³-hybridized carbons (Fsp3) is 0.667. The Morgan fingerprint density at radius 2 is 2.33 bits per heavy atom. The van der Waals surface area contributed by atoms with E-state index in [2.05, 4.69) is 6.92 Å². The predicted molar refractivity (Wildman–Crippen MR) is 34.7 cm³/mol. The number of aliphatic hydroxyl groups excluding tert-OH is 1. The zero-order valence-corrected chi connectivity index (χ0v) is 5.63. The molecule has 0 spiro atoms. The number of carbonyl (C=O) groups is 1. The van der Waals surface area contributed by atoms with E-state index in [1.54, 1.807) is 0 Å². The van der Waals surface area contributed by atoms with Gasteiger partial charge in [0.15, 0.2) is 0 Å². The molecule has 0 aliphatic carbocycles. The summed E-state index contributed by atoms with van der Waals surface area (Å²) in [5.41, 5.74) is 0. The maximum Gasteiger partial charge on any atom is 0.219 e. The lowest BCUT2D eigenvalue weighted by atomic mass is 10.5. The molecule has 0 bridgehead atoms. The van der Waals surface area contributed by atoms with Crippen molar-refractivity contribution in [1.29, 1.82) is 0 Å². The van der Waals surface area contributed by atoms with E-state index >= 15 is 0 Å². The summed E-state index contributed by atoms with van der Waals surface area (Å²) >= 11 is 0. The van der Waals surface area contributed by atoms with E-state index in [0.29, 0.717) is 13.1 Å². The van der Waals surface area contributed by atoms with Gasteiger partial charge in [0.2, 0.25) is 5.91 Å². The third-order valence-electron chi connectivity index (χ3n) is 1.09. The molecule has 0 heterocycles. The SMILES string of the molecule is [CH2]CN(CCO)C(C)=O. The first kappa shape index (κ1) is 8.43. The zero-order valence-electron chi connectivity index (χ0n) is 5.63. The van der Waals surface area contributed by atoms with Crippen LogP contribution in [0.4, 0.5) is 0 Å². The zero-order chi connectivity index (χ0) is 7.28. The van der Waals surface area contributed by atoms with E-state index < -0.39 is 0 Å².